The molecule has 4 aromatic rings. The Hall–Kier alpha value is -6.90. The fraction of sp³-hybridized carbons (Fsp3) is 0.480. The summed E-state index contributed by atoms with van der Waals surface area (Å²) in [5.41, 5.74) is 0.875. The molecule has 2 saturated heterocycles. The first kappa shape index (κ1) is 60.3. The van der Waals surface area contributed by atoms with Crippen LogP contribution < -0.4 is 21.3 Å². The molecule has 24 nitrogen and oxygen atoms in total. The molecule has 2 aliphatic heterocycles. The van der Waals surface area contributed by atoms with Gasteiger partial charge in [0.1, 0.15) is 72.9 Å². The van der Waals surface area contributed by atoms with Crippen LogP contribution in [0, 0.1) is 11.8 Å². The van der Waals surface area contributed by atoms with Crippen molar-refractivity contribution in [2.24, 2.45) is 11.8 Å². The third-order valence-corrected chi connectivity index (χ3v) is 15.8. The summed E-state index contributed by atoms with van der Waals surface area (Å²) >= 11 is 12.3. The Morgan fingerprint density at radius 3 is 1.28 bits per heavy atom. The van der Waals surface area contributed by atoms with Crippen LogP contribution in [0.25, 0.3) is 22.1 Å². The molecular weight excluding hydrogens is 1100 g/mol. The van der Waals surface area contributed by atoms with Gasteiger partial charge in [0.15, 0.2) is 0 Å². The van der Waals surface area contributed by atoms with Gasteiger partial charge in [-0.2, -0.15) is 0 Å². The number of carbonyl (C=O) groups excluding carboxylic acids is 10. The molecule has 28 heteroatoms. The van der Waals surface area contributed by atoms with E-state index in [1.807, 2.05) is 0 Å². The Kier molecular flexibility index (Phi) is 20.2. The van der Waals surface area contributed by atoms with E-state index in [-0.39, 0.29) is 33.9 Å². The zero-order valence-electron chi connectivity index (χ0n) is 44.3. The number of nitrogens with zero attached hydrogens (tertiary/aromatic N) is 8. The van der Waals surface area contributed by atoms with Crippen molar-refractivity contribution in [3.8, 4) is 0 Å². The van der Waals surface area contributed by atoms with Crippen molar-refractivity contribution in [2.75, 3.05) is 52.9 Å². The van der Waals surface area contributed by atoms with Crippen LogP contribution in [0.3, 0.4) is 0 Å². The standard InChI is InChI=1S/C50H60Cl2N12O12S2/c1-23(2)39-49(73)75-19-35(59-41(65)33-17-53-29-13-11-27(51)15-31(29)57-33)43(67)55-26(6)46(70)62(8)38-22-78-77-21-37(47(71)63(39)9)61(7)45(69)25(5)56-44(68)36(20-76-50(74)40(24(3)4)64(10)48(38)72)60-42(66)34-18-54-30-14-12-28(52)16-32(30)58-34/h11-18,23-26,35-40H,19-22H2,1-10H3,(H,55,67)(H,56,68)(H,59,65)(H,60,66). The summed E-state index contributed by atoms with van der Waals surface area (Å²) in [6.45, 7) is 7.58. The number of halogens is 2. The number of nitrogens with one attached hydrogen (secondary N) is 4. The number of cyclic esters (lactones) is 2. The van der Waals surface area contributed by atoms with Crippen molar-refractivity contribution in [3.05, 3.63) is 70.2 Å². The molecule has 8 unspecified atom stereocenters. The van der Waals surface area contributed by atoms with Crippen LogP contribution in [0.15, 0.2) is 48.8 Å². The number of hydrogen-bond acceptors (Lipinski definition) is 18. The molecule has 8 amide bonds. The smallest absolute Gasteiger partial charge is 0.329 e. The van der Waals surface area contributed by atoms with E-state index in [9.17, 15) is 47.9 Å². The predicted molar refractivity (Wildman–Crippen MR) is 290 cm³/mol. The molecule has 2 aromatic heterocycles. The molecule has 8 atom stereocenters. The Bertz CT molecular complexity index is 2820. The third-order valence-electron chi connectivity index (χ3n) is 13.0. The molecule has 2 bridgehead atoms. The number of aromatic nitrogens is 4. The molecule has 78 heavy (non-hydrogen) atoms. The van der Waals surface area contributed by atoms with E-state index in [1.54, 1.807) is 52.0 Å². The molecule has 2 fully saturated rings. The molecule has 6 rings (SSSR count). The first-order valence-electron chi connectivity index (χ1n) is 24.5. The van der Waals surface area contributed by atoms with E-state index in [0.717, 1.165) is 53.6 Å². The lowest BCUT2D eigenvalue weighted by Crippen LogP contribution is -2.60. The summed E-state index contributed by atoms with van der Waals surface area (Å²) in [5, 5.41) is 10.7. The van der Waals surface area contributed by atoms with Gasteiger partial charge >= 0.3 is 11.9 Å². The second kappa shape index (κ2) is 26.2. The highest BCUT2D eigenvalue weighted by atomic mass is 35.5. The highest BCUT2D eigenvalue weighted by Gasteiger charge is 2.42. The monoisotopic (exact) mass is 1150 g/mol. The average molecular weight is 1160 g/mol. The molecule has 4 heterocycles. The number of carbonyl (C=O) groups is 10. The Morgan fingerprint density at radius 2 is 0.936 bits per heavy atom. The average Bonchev–Trinajstić information content (AvgIpc) is 3.39. The quantitative estimate of drug-likeness (QED) is 0.158. The van der Waals surface area contributed by atoms with Gasteiger partial charge in [0.25, 0.3) is 11.8 Å². The van der Waals surface area contributed by atoms with Gasteiger partial charge in [0.05, 0.1) is 34.5 Å². The number of fused-ring (bicyclic) bond motifs is 7. The molecule has 0 saturated carbocycles. The summed E-state index contributed by atoms with van der Waals surface area (Å²) < 4.78 is 11.4. The van der Waals surface area contributed by atoms with Crippen molar-refractivity contribution in [1.82, 2.24) is 60.8 Å². The van der Waals surface area contributed by atoms with Crippen LogP contribution in [-0.2, 0) is 47.8 Å². The molecule has 418 valence electrons. The van der Waals surface area contributed by atoms with Crippen molar-refractivity contribution in [2.45, 2.75) is 89.9 Å². The van der Waals surface area contributed by atoms with Crippen molar-refractivity contribution < 1.29 is 57.4 Å². The Labute approximate surface area is 466 Å². The summed E-state index contributed by atoms with van der Waals surface area (Å²) in [6, 6.07) is -2.30. The molecular formula is C50H60Cl2N12O12S2. The van der Waals surface area contributed by atoms with Crippen LogP contribution in [0.2, 0.25) is 10.0 Å². The second-order valence-electron chi connectivity index (χ2n) is 19.3. The van der Waals surface area contributed by atoms with Crippen molar-refractivity contribution in [3.63, 3.8) is 0 Å². The zero-order valence-corrected chi connectivity index (χ0v) is 47.4. The maximum Gasteiger partial charge on any atom is 0.329 e. The number of esters is 2. The highest BCUT2D eigenvalue weighted by Crippen LogP contribution is 2.29. The minimum atomic E-state index is -1.69. The van der Waals surface area contributed by atoms with Gasteiger partial charge in [-0.25, -0.2) is 19.6 Å². The highest BCUT2D eigenvalue weighted by molar-refractivity contribution is 8.76. The number of rotatable bonds is 6. The third kappa shape index (κ3) is 14.2. The van der Waals surface area contributed by atoms with E-state index in [4.69, 9.17) is 32.7 Å². The normalized spacial score (nSPS) is 24.4. The minimum absolute atomic E-state index is 0.174. The molecule has 0 aliphatic carbocycles. The molecule has 0 radical (unpaired) electrons. The number of hydrogen-bond donors (Lipinski definition) is 4. The van der Waals surface area contributed by atoms with Gasteiger partial charge in [-0.15, -0.1) is 0 Å². The van der Waals surface area contributed by atoms with Gasteiger partial charge in [0, 0.05) is 49.7 Å². The summed E-state index contributed by atoms with van der Waals surface area (Å²) in [7, 11) is 7.40. The summed E-state index contributed by atoms with van der Waals surface area (Å²) in [4.78, 5) is 164. The lowest BCUT2D eigenvalue weighted by atomic mass is 10.0. The molecule has 0 spiro atoms. The fourth-order valence-electron chi connectivity index (χ4n) is 8.61. The first-order valence-corrected chi connectivity index (χ1v) is 27.7. The van der Waals surface area contributed by atoms with E-state index < -0.39 is 133 Å². The summed E-state index contributed by atoms with van der Waals surface area (Å²) in [5.74, 6) is -10.6. The predicted octanol–water partition coefficient (Wildman–Crippen LogP) is 1.90. The van der Waals surface area contributed by atoms with Gasteiger partial charge in [-0.1, -0.05) is 72.5 Å². The SMILES string of the molecule is CC1NC(=O)C(NC(=O)c2cnc3ccc(Cl)cc3n2)COC(=O)C(C(C)C)N(C)C(=O)C2CSSCC(C(=O)N(C)C(C(C)C)C(=O)OCC(NC(=O)c3cnc4ccc(Cl)cc4n3)C(=O)NC(C)C(=O)N2C)N(C)C1=O. The van der Waals surface area contributed by atoms with Gasteiger partial charge in [-0.05, 0) is 62.1 Å². The number of ether oxygens (including phenoxy) is 2. The van der Waals surface area contributed by atoms with E-state index in [1.165, 1.54) is 54.2 Å². The van der Waals surface area contributed by atoms with Crippen molar-refractivity contribution in [1.29, 1.82) is 0 Å². The second-order valence-corrected chi connectivity index (χ2v) is 22.7. The van der Waals surface area contributed by atoms with E-state index in [2.05, 4.69) is 41.2 Å². The maximum atomic E-state index is 14.8. The van der Waals surface area contributed by atoms with Crippen LogP contribution >= 0.6 is 44.8 Å². The largest absolute Gasteiger partial charge is 0.461 e. The van der Waals surface area contributed by atoms with E-state index >= 15 is 0 Å². The maximum absolute atomic E-state index is 14.8. The van der Waals surface area contributed by atoms with Crippen LogP contribution in [-0.4, -0.2) is 200 Å². The molecule has 2 aromatic carbocycles. The van der Waals surface area contributed by atoms with Crippen molar-refractivity contribution >= 4 is 126 Å². The Balaban J connectivity index is 1.39. The van der Waals surface area contributed by atoms with Gasteiger partial charge < -0.3 is 50.3 Å². The van der Waals surface area contributed by atoms with Gasteiger partial charge in [-0.3, -0.25) is 48.3 Å². The van der Waals surface area contributed by atoms with Crippen LogP contribution in [0.5, 0.6) is 0 Å². The molecule has 2 aliphatic rings. The lowest BCUT2D eigenvalue weighted by Gasteiger charge is -2.37. The lowest BCUT2D eigenvalue weighted by molar-refractivity contribution is -0.160. The number of amides is 8. The van der Waals surface area contributed by atoms with Crippen LogP contribution in [0.1, 0.15) is 62.5 Å². The van der Waals surface area contributed by atoms with Crippen LogP contribution in [0.4, 0.5) is 0 Å². The number of likely N-dealkylation sites (N-methyl/N-ethyl adjacent to an activating group) is 4. The minimum Gasteiger partial charge on any atom is -0.461 e. The zero-order chi connectivity index (χ0) is 57.4. The summed E-state index contributed by atoms with van der Waals surface area (Å²) in [6.07, 6.45) is 2.33. The number of benzene rings is 2. The van der Waals surface area contributed by atoms with Gasteiger partial charge in [0.2, 0.25) is 35.4 Å². The Morgan fingerprint density at radius 1 is 0.577 bits per heavy atom. The molecule has 4 N–H and O–H groups in total. The van der Waals surface area contributed by atoms with E-state index in [0.29, 0.717) is 21.1 Å². The topological polar surface area (TPSA) is 302 Å². The fourth-order valence-corrected chi connectivity index (χ4v) is 11.5. The first-order chi connectivity index (χ1) is 36.8.